The van der Waals surface area contributed by atoms with Gasteiger partial charge < -0.3 is 5.32 Å². The lowest BCUT2D eigenvalue weighted by Crippen LogP contribution is -2.14. The normalized spacial score (nSPS) is 10.7. The molecule has 2 heterocycles. The van der Waals surface area contributed by atoms with Crippen LogP contribution in [0.5, 0.6) is 0 Å². The minimum Gasteiger partial charge on any atom is -0.326 e. The Kier molecular flexibility index (Phi) is 4.58. The van der Waals surface area contributed by atoms with E-state index in [0.717, 1.165) is 32.4 Å². The van der Waals surface area contributed by atoms with E-state index in [0.29, 0.717) is 0 Å². The number of carbonyl (C=O) groups is 1. The number of hydrogen-bond donors (Lipinski definition) is 1. The summed E-state index contributed by atoms with van der Waals surface area (Å²) in [6.07, 6.45) is 0.242. The first-order valence-corrected chi connectivity index (χ1v) is 8.72. The predicted molar refractivity (Wildman–Crippen MR) is 95.2 cm³/mol. The van der Waals surface area contributed by atoms with Crippen LogP contribution in [-0.4, -0.2) is 20.7 Å². The van der Waals surface area contributed by atoms with E-state index in [4.69, 9.17) is 0 Å². The quantitative estimate of drug-likeness (QED) is 0.734. The molecule has 0 atom stereocenters. The number of hydrogen-bond acceptors (Lipinski definition) is 4. The van der Waals surface area contributed by atoms with E-state index < -0.39 is 0 Å². The largest absolute Gasteiger partial charge is 0.326 e. The second-order valence-corrected chi connectivity index (χ2v) is 6.94. The van der Waals surface area contributed by atoms with Gasteiger partial charge in [-0.3, -0.25) is 4.79 Å². The summed E-state index contributed by atoms with van der Waals surface area (Å²) >= 11 is 4.85. The highest BCUT2D eigenvalue weighted by molar-refractivity contribution is 9.10. The number of aryl methyl sites for hydroxylation is 2. The number of anilines is 1. The Morgan fingerprint density at radius 2 is 2.04 bits per heavy atom. The van der Waals surface area contributed by atoms with Gasteiger partial charge >= 0.3 is 0 Å². The molecular formula is C16H15BrN4OS. The van der Waals surface area contributed by atoms with Crippen molar-refractivity contribution in [2.75, 3.05) is 5.32 Å². The van der Waals surface area contributed by atoms with Crippen molar-refractivity contribution in [3.63, 3.8) is 0 Å². The maximum atomic E-state index is 12.1. The van der Waals surface area contributed by atoms with Crippen molar-refractivity contribution in [1.82, 2.24) is 14.8 Å². The van der Waals surface area contributed by atoms with Gasteiger partial charge in [0.1, 0.15) is 0 Å². The summed E-state index contributed by atoms with van der Waals surface area (Å²) in [5, 5.41) is 9.95. The zero-order chi connectivity index (χ0) is 16.4. The van der Waals surface area contributed by atoms with Crippen LogP contribution >= 0.6 is 27.3 Å². The fraction of sp³-hybridized carbons (Fsp3) is 0.188. The Morgan fingerprint density at radius 1 is 1.30 bits per heavy atom. The molecule has 0 saturated carbocycles. The molecule has 0 saturated heterocycles. The van der Waals surface area contributed by atoms with Crippen molar-refractivity contribution in [3.8, 4) is 5.13 Å². The van der Waals surface area contributed by atoms with Gasteiger partial charge in [-0.2, -0.15) is 5.10 Å². The Morgan fingerprint density at radius 3 is 2.70 bits per heavy atom. The number of aromatic nitrogens is 3. The molecule has 0 aliphatic carbocycles. The van der Waals surface area contributed by atoms with Crippen molar-refractivity contribution in [1.29, 1.82) is 0 Å². The molecule has 1 N–H and O–H groups in total. The van der Waals surface area contributed by atoms with E-state index in [-0.39, 0.29) is 12.3 Å². The molecule has 1 aromatic carbocycles. The van der Waals surface area contributed by atoms with Crippen molar-refractivity contribution in [2.45, 2.75) is 20.3 Å². The third kappa shape index (κ3) is 3.86. The number of thiazole rings is 1. The molecule has 1 amide bonds. The fourth-order valence-electron chi connectivity index (χ4n) is 2.20. The molecule has 0 aliphatic rings. The predicted octanol–water partition coefficient (Wildman–Crippen LogP) is 3.89. The minimum absolute atomic E-state index is 0.0856. The van der Waals surface area contributed by atoms with Crippen LogP contribution in [0, 0.1) is 13.8 Å². The molecule has 5 nitrogen and oxygen atoms in total. The van der Waals surface area contributed by atoms with Crippen LogP contribution in [-0.2, 0) is 11.2 Å². The van der Waals surface area contributed by atoms with Gasteiger partial charge in [0.05, 0.1) is 17.8 Å². The molecule has 23 heavy (non-hydrogen) atoms. The van der Waals surface area contributed by atoms with Gasteiger partial charge in [0.25, 0.3) is 0 Å². The van der Waals surface area contributed by atoms with Gasteiger partial charge in [-0.15, -0.1) is 11.3 Å². The van der Waals surface area contributed by atoms with E-state index in [1.165, 1.54) is 11.3 Å². The first-order valence-electron chi connectivity index (χ1n) is 7.05. The first-order chi connectivity index (χ1) is 11.0. The highest BCUT2D eigenvalue weighted by atomic mass is 79.9. The van der Waals surface area contributed by atoms with Crippen molar-refractivity contribution in [3.05, 3.63) is 57.3 Å². The Hall–Kier alpha value is -1.99. The second kappa shape index (κ2) is 6.64. The lowest BCUT2D eigenvalue weighted by Gasteiger charge is -2.04. The summed E-state index contributed by atoms with van der Waals surface area (Å²) in [6.45, 7) is 3.94. The van der Waals surface area contributed by atoms with E-state index in [2.05, 4.69) is 31.3 Å². The maximum Gasteiger partial charge on any atom is 0.230 e. The molecule has 0 unspecified atom stereocenters. The van der Waals surface area contributed by atoms with Crippen molar-refractivity contribution < 1.29 is 4.79 Å². The molecule has 0 aliphatic heterocycles. The standard InChI is InChI=1S/C16H15BrN4OS/c1-10-7-11(2)21(20-10)16-19-14(9-23-16)8-15(22)18-13-5-3-12(17)4-6-13/h3-7,9H,8H2,1-2H3,(H,18,22). The molecule has 2 aromatic heterocycles. The van der Waals surface area contributed by atoms with Gasteiger partial charge in [-0.25, -0.2) is 9.67 Å². The first kappa shape index (κ1) is 15.9. The van der Waals surface area contributed by atoms with Crippen LogP contribution in [0.25, 0.3) is 5.13 Å². The molecule has 118 valence electrons. The number of nitrogens with one attached hydrogen (secondary N) is 1. The SMILES string of the molecule is Cc1cc(C)n(-c2nc(CC(=O)Nc3ccc(Br)cc3)cs2)n1. The zero-order valence-electron chi connectivity index (χ0n) is 12.7. The molecule has 3 rings (SSSR count). The van der Waals surface area contributed by atoms with Crippen LogP contribution in [0.15, 0.2) is 40.2 Å². The van der Waals surface area contributed by atoms with E-state index in [1.807, 2.05) is 49.6 Å². The van der Waals surface area contributed by atoms with Crippen LogP contribution in [0.4, 0.5) is 5.69 Å². The number of halogens is 1. The lowest BCUT2D eigenvalue weighted by molar-refractivity contribution is -0.115. The number of amides is 1. The Labute approximate surface area is 146 Å². The molecule has 7 heteroatoms. The van der Waals surface area contributed by atoms with Crippen LogP contribution in [0.1, 0.15) is 17.1 Å². The highest BCUT2D eigenvalue weighted by Gasteiger charge is 2.11. The third-order valence-electron chi connectivity index (χ3n) is 3.20. The molecule has 0 spiro atoms. The highest BCUT2D eigenvalue weighted by Crippen LogP contribution is 2.18. The zero-order valence-corrected chi connectivity index (χ0v) is 15.1. The summed E-state index contributed by atoms with van der Waals surface area (Å²) in [7, 11) is 0. The van der Waals surface area contributed by atoms with Gasteiger partial charge in [0.15, 0.2) is 0 Å². The number of nitrogens with zero attached hydrogens (tertiary/aromatic N) is 3. The number of benzene rings is 1. The minimum atomic E-state index is -0.0856. The van der Waals surface area contributed by atoms with Crippen molar-refractivity contribution >= 4 is 38.9 Å². The summed E-state index contributed by atoms with van der Waals surface area (Å²) < 4.78 is 2.78. The van der Waals surface area contributed by atoms with Gasteiger partial charge in [-0.05, 0) is 44.2 Å². The summed E-state index contributed by atoms with van der Waals surface area (Å²) in [4.78, 5) is 16.6. The third-order valence-corrected chi connectivity index (χ3v) is 4.59. The van der Waals surface area contributed by atoms with Crippen LogP contribution < -0.4 is 5.32 Å². The Bertz CT molecular complexity index is 838. The van der Waals surface area contributed by atoms with E-state index in [1.54, 1.807) is 4.68 Å². The fourth-order valence-corrected chi connectivity index (χ4v) is 3.30. The average Bonchev–Trinajstić information content (AvgIpc) is 3.07. The van der Waals surface area contributed by atoms with Crippen LogP contribution in [0.3, 0.4) is 0 Å². The average molecular weight is 391 g/mol. The van der Waals surface area contributed by atoms with E-state index in [9.17, 15) is 4.79 Å². The molecular weight excluding hydrogens is 376 g/mol. The van der Waals surface area contributed by atoms with Gasteiger partial charge in [-0.1, -0.05) is 15.9 Å². The summed E-state index contributed by atoms with van der Waals surface area (Å²) in [5.41, 5.74) is 3.49. The van der Waals surface area contributed by atoms with Gasteiger partial charge in [0.2, 0.25) is 11.0 Å². The number of rotatable bonds is 4. The summed E-state index contributed by atoms with van der Waals surface area (Å²) in [5.74, 6) is -0.0856. The molecule has 0 bridgehead atoms. The van der Waals surface area contributed by atoms with Gasteiger partial charge in [0, 0.05) is 21.2 Å². The number of carbonyl (C=O) groups excluding carboxylic acids is 1. The second-order valence-electron chi connectivity index (χ2n) is 5.19. The lowest BCUT2D eigenvalue weighted by atomic mass is 10.3. The smallest absolute Gasteiger partial charge is 0.230 e. The van der Waals surface area contributed by atoms with Crippen molar-refractivity contribution in [2.24, 2.45) is 0 Å². The Balaban J connectivity index is 1.68. The molecule has 0 radical (unpaired) electrons. The monoisotopic (exact) mass is 390 g/mol. The maximum absolute atomic E-state index is 12.1. The summed E-state index contributed by atoms with van der Waals surface area (Å²) in [6, 6.07) is 9.48. The topological polar surface area (TPSA) is 59.8 Å². The molecule has 3 aromatic rings. The van der Waals surface area contributed by atoms with Crippen LogP contribution in [0.2, 0.25) is 0 Å². The molecule has 0 fully saturated rings. The van der Waals surface area contributed by atoms with E-state index >= 15 is 0 Å².